The molecule has 1 aromatic carbocycles. The smallest absolute Gasteiger partial charge is 0.258 e. The Labute approximate surface area is 165 Å². The summed E-state index contributed by atoms with van der Waals surface area (Å²) in [4.78, 5) is 16.2. The van der Waals surface area contributed by atoms with Crippen LogP contribution in [0.1, 0.15) is 36.6 Å². The molecule has 3 rings (SSSR count). The summed E-state index contributed by atoms with van der Waals surface area (Å²) in [6.07, 6.45) is 5.05. The third kappa shape index (κ3) is 5.71. The highest BCUT2D eigenvalue weighted by molar-refractivity contribution is 7.10. The third-order valence-corrected chi connectivity index (χ3v) is 5.85. The number of amides is 1. The van der Waals surface area contributed by atoms with Crippen LogP contribution >= 0.6 is 11.3 Å². The highest BCUT2D eigenvalue weighted by Gasteiger charge is 2.23. The molecule has 2 heterocycles. The molecule has 5 nitrogen and oxygen atoms in total. The van der Waals surface area contributed by atoms with Gasteiger partial charge in [-0.1, -0.05) is 31.0 Å². The molecule has 1 fully saturated rings. The summed E-state index contributed by atoms with van der Waals surface area (Å²) in [5, 5.41) is 5.16. The van der Waals surface area contributed by atoms with Gasteiger partial charge in [-0.05, 0) is 49.5 Å². The standard InChI is InChI=1S/C21H28N2O3S/c1-25-18-9-4-5-10-19(18)26-16-21(24)22-15-17(20-11-8-14-27-20)23-12-6-2-3-7-13-23/h4-5,8-11,14,17H,2-3,6-7,12-13,15-16H2,1H3,(H,22,24)/t17-/m0/s1. The Morgan fingerprint density at radius 1 is 1.11 bits per heavy atom. The summed E-state index contributed by atoms with van der Waals surface area (Å²) in [5.74, 6) is 1.10. The van der Waals surface area contributed by atoms with Gasteiger partial charge in [0, 0.05) is 11.4 Å². The maximum Gasteiger partial charge on any atom is 0.258 e. The molecule has 0 saturated carbocycles. The first kappa shape index (κ1) is 19.7. The fraction of sp³-hybridized carbons (Fsp3) is 0.476. The van der Waals surface area contributed by atoms with E-state index in [9.17, 15) is 4.79 Å². The summed E-state index contributed by atoms with van der Waals surface area (Å²) >= 11 is 1.76. The Bertz CT molecular complexity index is 697. The SMILES string of the molecule is COc1ccccc1OCC(=O)NC[C@@H](c1cccs1)N1CCCCCC1. The second-order valence-corrected chi connectivity index (χ2v) is 7.70. The molecule has 0 radical (unpaired) electrons. The van der Waals surface area contributed by atoms with E-state index in [4.69, 9.17) is 9.47 Å². The van der Waals surface area contributed by atoms with Crippen molar-refractivity contribution in [1.82, 2.24) is 10.2 Å². The number of likely N-dealkylation sites (tertiary alicyclic amines) is 1. The van der Waals surface area contributed by atoms with Gasteiger partial charge in [0.1, 0.15) is 0 Å². The van der Waals surface area contributed by atoms with Gasteiger partial charge in [-0.3, -0.25) is 9.69 Å². The summed E-state index contributed by atoms with van der Waals surface area (Å²) in [5.41, 5.74) is 0. The highest BCUT2D eigenvalue weighted by atomic mass is 32.1. The van der Waals surface area contributed by atoms with Crippen molar-refractivity contribution in [3.63, 3.8) is 0 Å². The number of nitrogens with zero attached hydrogens (tertiary/aromatic N) is 1. The summed E-state index contributed by atoms with van der Waals surface area (Å²) in [6, 6.07) is 11.8. The third-order valence-electron chi connectivity index (χ3n) is 4.87. The van der Waals surface area contributed by atoms with E-state index >= 15 is 0 Å². The Morgan fingerprint density at radius 3 is 2.52 bits per heavy atom. The largest absolute Gasteiger partial charge is 0.493 e. The summed E-state index contributed by atoms with van der Waals surface area (Å²) in [7, 11) is 1.59. The normalized spacial score (nSPS) is 16.3. The van der Waals surface area contributed by atoms with E-state index in [0.29, 0.717) is 18.0 Å². The molecular weight excluding hydrogens is 360 g/mol. The van der Waals surface area contributed by atoms with Crippen LogP contribution in [0.25, 0.3) is 0 Å². The van der Waals surface area contributed by atoms with Crippen molar-refractivity contribution >= 4 is 17.2 Å². The predicted octanol–water partition coefficient (Wildman–Crippen LogP) is 3.87. The summed E-state index contributed by atoms with van der Waals surface area (Å²) in [6.45, 7) is 2.78. The second-order valence-electron chi connectivity index (χ2n) is 6.73. The van der Waals surface area contributed by atoms with Crippen molar-refractivity contribution in [1.29, 1.82) is 0 Å². The predicted molar refractivity (Wildman–Crippen MR) is 109 cm³/mol. The monoisotopic (exact) mass is 388 g/mol. The molecule has 1 aromatic heterocycles. The minimum atomic E-state index is -0.114. The van der Waals surface area contributed by atoms with E-state index in [2.05, 4.69) is 27.7 Å². The topological polar surface area (TPSA) is 50.8 Å². The molecule has 6 heteroatoms. The minimum Gasteiger partial charge on any atom is -0.493 e. The number of thiophene rings is 1. The number of methoxy groups -OCH3 is 1. The van der Waals surface area contributed by atoms with Crippen LogP contribution in [0.2, 0.25) is 0 Å². The first-order valence-electron chi connectivity index (χ1n) is 9.58. The maximum atomic E-state index is 12.3. The van der Waals surface area contributed by atoms with Gasteiger partial charge in [-0.2, -0.15) is 0 Å². The van der Waals surface area contributed by atoms with Crippen molar-refractivity contribution < 1.29 is 14.3 Å². The van der Waals surface area contributed by atoms with Crippen LogP contribution in [-0.4, -0.2) is 44.2 Å². The van der Waals surface area contributed by atoms with Gasteiger partial charge in [0.25, 0.3) is 5.91 Å². The van der Waals surface area contributed by atoms with Crippen molar-refractivity contribution in [2.75, 3.05) is 33.4 Å². The van der Waals surface area contributed by atoms with Crippen molar-refractivity contribution in [3.8, 4) is 11.5 Å². The lowest BCUT2D eigenvalue weighted by molar-refractivity contribution is -0.123. The van der Waals surface area contributed by atoms with Gasteiger partial charge in [0.2, 0.25) is 0 Å². The lowest BCUT2D eigenvalue weighted by Crippen LogP contribution is -2.39. The minimum absolute atomic E-state index is 0.0163. The molecular formula is C21H28N2O3S. The fourth-order valence-electron chi connectivity index (χ4n) is 3.44. The van der Waals surface area contributed by atoms with Crippen LogP contribution in [-0.2, 0) is 4.79 Å². The molecule has 1 atom stereocenters. The quantitative estimate of drug-likeness (QED) is 0.746. The van der Waals surface area contributed by atoms with Gasteiger partial charge >= 0.3 is 0 Å². The van der Waals surface area contributed by atoms with Crippen molar-refractivity contribution in [2.24, 2.45) is 0 Å². The average Bonchev–Trinajstić information content (AvgIpc) is 3.09. The maximum absolute atomic E-state index is 12.3. The van der Waals surface area contributed by atoms with Gasteiger partial charge in [0.05, 0.1) is 13.2 Å². The fourth-order valence-corrected chi connectivity index (χ4v) is 4.30. The van der Waals surface area contributed by atoms with Crippen LogP contribution in [0.3, 0.4) is 0 Å². The number of rotatable bonds is 8. The van der Waals surface area contributed by atoms with Crippen LogP contribution in [0.4, 0.5) is 0 Å². The zero-order valence-corrected chi connectivity index (χ0v) is 16.7. The van der Waals surface area contributed by atoms with Gasteiger partial charge < -0.3 is 14.8 Å². The number of nitrogens with one attached hydrogen (secondary N) is 1. The van der Waals surface area contributed by atoms with Crippen LogP contribution in [0, 0.1) is 0 Å². The van der Waals surface area contributed by atoms with E-state index in [-0.39, 0.29) is 18.6 Å². The van der Waals surface area contributed by atoms with Gasteiger partial charge in [-0.15, -0.1) is 11.3 Å². The van der Waals surface area contributed by atoms with E-state index in [1.165, 1.54) is 30.6 Å². The average molecular weight is 389 g/mol. The Kier molecular flexibility index (Phi) is 7.54. The number of para-hydroxylation sites is 2. The van der Waals surface area contributed by atoms with E-state index in [1.807, 2.05) is 18.2 Å². The molecule has 0 aliphatic carbocycles. The molecule has 1 saturated heterocycles. The highest BCUT2D eigenvalue weighted by Crippen LogP contribution is 2.27. The lowest BCUT2D eigenvalue weighted by atomic mass is 10.2. The van der Waals surface area contributed by atoms with Crippen LogP contribution < -0.4 is 14.8 Å². The number of hydrogen-bond acceptors (Lipinski definition) is 5. The molecule has 2 aromatic rings. The summed E-state index contributed by atoms with van der Waals surface area (Å²) < 4.78 is 10.9. The van der Waals surface area contributed by atoms with E-state index in [1.54, 1.807) is 24.5 Å². The first-order valence-corrected chi connectivity index (χ1v) is 10.5. The molecule has 27 heavy (non-hydrogen) atoms. The molecule has 1 amide bonds. The van der Waals surface area contributed by atoms with Crippen LogP contribution in [0.5, 0.6) is 11.5 Å². The van der Waals surface area contributed by atoms with Crippen LogP contribution in [0.15, 0.2) is 41.8 Å². The number of carbonyl (C=O) groups is 1. The second kappa shape index (κ2) is 10.3. The Balaban J connectivity index is 1.55. The number of benzene rings is 1. The Hall–Kier alpha value is -2.05. The van der Waals surface area contributed by atoms with E-state index in [0.717, 1.165) is 13.1 Å². The molecule has 146 valence electrons. The van der Waals surface area contributed by atoms with E-state index < -0.39 is 0 Å². The van der Waals surface area contributed by atoms with Crippen molar-refractivity contribution in [3.05, 3.63) is 46.7 Å². The Morgan fingerprint density at radius 2 is 1.85 bits per heavy atom. The lowest BCUT2D eigenvalue weighted by Gasteiger charge is -2.30. The number of hydrogen-bond donors (Lipinski definition) is 1. The zero-order valence-electron chi connectivity index (χ0n) is 15.9. The molecule has 1 N–H and O–H groups in total. The molecule has 1 aliphatic heterocycles. The molecule has 0 bridgehead atoms. The molecule has 0 unspecified atom stereocenters. The zero-order chi connectivity index (χ0) is 18.9. The van der Waals surface area contributed by atoms with Gasteiger partial charge in [-0.25, -0.2) is 0 Å². The molecule has 1 aliphatic rings. The first-order chi connectivity index (χ1) is 13.3. The van der Waals surface area contributed by atoms with Crippen molar-refractivity contribution in [2.45, 2.75) is 31.7 Å². The molecule has 0 spiro atoms. The number of carbonyl (C=O) groups excluding carboxylic acids is 1. The number of ether oxygens (including phenoxy) is 2. The van der Waals surface area contributed by atoms with Gasteiger partial charge in [0.15, 0.2) is 18.1 Å².